The number of piperazine rings is 1. The van der Waals surface area contributed by atoms with Crippen LogP contribution in [-0.4, -0.2) is 66.5 Å². The number of carbonyl (C=O) groups is 1. The van der Waals surface area contributed by atoms with Crippen LogP contribution in [0.3, 0.4) is 0 Å². The van der Waals surface area contributed by atoms with Crippen LogP contribution in [0.15, 0.2) is 36.7 Å². The van der Waals surface area contributed by atoms with Gasteiger partial charge in [0, 0.05) is 54.5 Å². The summed E-state index contributed by atoms with van der Waals surface area (Å²) in [6, 6.07) is 5.50. The molecule has 8 nitrogen and oxygen atoms in total. The van der Waals surface area contributed by atoms with Gasteiger partial charge in [0.05, 0.1) is 29.9 Å². The number of alkyl halides is 2. The van der Waals surface area contributed by atoms with Crippen molar-refractivity contribution in [3.63, 3.8) is 0 Å². The molecule has 230 valence electrons. The van der Waals surface area contributed by atoms with E-state index in [1.807, 2.05) is 0 Å². The molecule has 5 atom stereocenters. The highest BCUT2D eigenvalue weighted by Crippen LogP contribution is 2.43. The third-order valence-corrected chi connectivity index (χ3v) is 11.2. The molecule has 5 rings (SSSR count). The van der Waals surface area contributed by atoms with Crippen molar-refractivity contribution >= 4 is 33.2 Å². The van der Waals surface area contributed by atoms with E-state index in [2.05, 4.69) is 15.6 Å². The number of anilines is 1. The average molecular weight is 628 g/mol. The average Bonchev–Trinajstić information content (AvgIpc) is 3.06. The topological polar surface area (TPSA) is 117 Å². The van der Waals surface area contributed by atoms with Crippen molar-refractivity contribution in [2.75, 3.05) is 24.2 Å². The second-order valence-electron chi connectivity index (χ2n) is 11.8. The minimum atomic E-state index is -3.41. The molecule has 0 radical (unpaired) electrons. The summed E-state index contributed by atoms with van der Waals surface area (Å²) < 4.78 is 70.2. The number of nitrogens with two attached hydrogens (primary N) is 1. The van der Waals surface area contributed by atoms with E-state index in [-0.39, 0.29) is 67.1 Å². The Hall–Kier alpha value is -2.25. The number of sulfonamides is 1. The summed E-state index contributed by atoms with van der Waals surface area (Å²) in [6.45, 7) is 0.857. The lowest BCUT2D eigenvalue weighted by Gasteiger charge is -2.37. The van der Waals surface area contributed by atoms with E-state index in [0.717, 1.165) is 18.2 Å². The number of pyridine rings is 1. The first-order valence-corrected chi connectivity index (χ1v) is 16.5. The van der Waals surface area contributed by atoms with Crippen LogP contribution < -0.4 is 16.4 Å². The summed E-state index contributed by atoms with van der Waals surface area (Å²) in [4.78, 5) is 17.4. The molecule has 1 aromatic heterocycles. The van der Waals surface area contributed by atoms with Gasteiger partial charge in [0.1, 0.15) is 5.82 Å². The number of amides is 1. The molecule has 3 aliphatic rings. The van der Waals surface area contributed by atoms with Crippen LogP contribution in [0.5, 0.6) is 0 Å². The van der Waals surface area contributed by atoms with Gasteiger partial charge in [-0.05, 0) is 62.1 Å². The van der Waals surface area contributed by atoms with Crippen molar-refractivity contribution in [2.24, 2.45) is 11.7 Å². The fourth-order valence-electron chi connectivity index (χ4n) is 6.64. The van der Waals surface area contributed by atoms with Crippen LogP contribution in [0.25, 0.3) is 0 Å². The monoisotopic (exact) mass is 627 g/mol. The van der Waals surface area contributed by atoms with Gasteiger partial charge in [0.2, 0.25) is 21.9 Å². The van der Waals surface area contributed by atoms with Crippen molar-refractivity contribution in [2.45, 2.75) is 81.3 Å². The third kappa shape index (κ3) is 7.10. The minimum absolute atomic E-state index is 0.0952. The highest BCUT2D eigenvalue weighted by Gasteiger charge is 2.42. The number of benzene rings is 1. The fraction of sp³-hybridized carbons (Fsp3) is 0.586. The van der Waals surface area contributed by atoms with Crippen LogP contribution in [0.2, 0.25) is 5.02 Å². The van der Waals surface area contributed by atoms with Gasteiger partial charge < -0.3 is 16.4 Å². The van der Waals surface area contributed by atoms with E-state index in [0.29, 0.717) is 31.0 Å². The molecule has 1 amide bonds. The van der Waals surface area contributed by atoms with Gasteiger partial charge in [-0.1, -0.05) is 23.7 Å². The van der Waals surface area contributed by atoms with Gasteiger partial charge in [-0.2, -0.15) is 4.31 Å². The number of halogens is 4. The number of nitrogens with one attached hydrogen (secondary N) is 2. The molecule has 2 aliphatic heterocycles. The lowest BCUT2D eigenvalue weighted by atomic mass is 9.72. The van der Waals surface area contributed by atoms with E-state index in [4.69, 9.17) is 17.3 Å². The van der Waals surface area contributed by atoms with Gasteiger partial charge in [-0.15, -0.1) is 0 Å². The molecule has 2 saturated heterocycles. The number of fused-ring (bicyclic) bond motifs is 2. The van der Waals surface area contributed by atoms with Crippen LogP contribution >= 0.6 is 11.6 Å². The first-order chi connectivity index (χ1) is 19.9. The van der Waals surface area contributed by atoms with E-state index < -0.39 is 39.6 Å². The third-order valence-electron chi connectivity index (χ3n) is 8.97. The second-order valence-corrected chi connectivity index (χ2v) is 14.2. The van der Waals surface area contributed by atoms with Crippen molar-refractivity contribution in [1.82, 2.24) is 14.6 Å². The molecule has 2 aromatic rings. The normalized spacial score (nSPS) is 27.0. The molecule has 42 heavy (non-hydrogen) atoms. The maximum atomic E-state index is 15.1. The Labute approximate surface area is 249 Å². The summed E-state index contributed by atoms with van der Waals surface area (Å²) >= 11 is 6.07. The van der Waals surface area contributed by atoms with Gasteiger partial charge in [-0.3, -0.25) is 9.78 Å². The molecule has 1 saturated carbocycles. The van der Waals surface area contributed by atoms with Gasteiger partial charge in [0.25, 0.3) is 0 Å². The molecule has 3 fully saturated rings. The molecule has 2 bridgehead atoms. The van der Waals surface area contributed by atoms with Gasteiger partial charge in [-0.25, -0.2) is 21.6 Å². The Morgan fingerprint density at radius 1 is 1.19 bits per heavy atom. The molecule has 1 aliphatic carbocycles. The first-order valence-electron chi connectivity index (χ1n) is 14.5. The van der Waals surface area contributed by atoms with Crippen molar-refractivity contribution in [3.8, 4) is 0 Å². The van der Waals surface area contributed by atoms with Crippen molar-refractivity contribution in [1.29, 1.82) is 0 Å². The maximum absolute atomic E-state index is 15.1. The van der Waals surface area contributed by atoms with E-state index in [9.17, 15) is 22.0 Å². The second kappa shape index (κ2) is 12.8. The van der Waals surface area contributed by atoms with E-state index >= 15 is 4.39 Å². The van der Waals surface area contributed by atoms with Crippen molar-refractivity contribution < 1.29 is 26.4 Å². The number of aromatic nitrogens is 1. The summed E-state index contributed by atoms with van der Waals surface area (Å²) in [7, 11) is -3.41. The van der Waals surface area contributed by atoms with Crippen LogP contribution in [0.1, 0.15) is 62.0 Å². The SMILES string of the molecule is NC(C(=O)Nc1cncc(F)c1CCC1CNC2CCCS(=O)(=O)N1C2)C(c1ccc(Cl)cc1)C1CCC(F)(F)CC1. The zero-order valence-corrected chi connectivity index (χ0v) is 24.8. The number of nitrogens with zero attached hydrogens (tertiary/aromatic N) is 2. The van der Waals surface area contributed by atoms with Crippen LogP contribution in [-0.2, 0) is 21.2 Å². The highest BCUT2D eigenvalue weighted by molar-refractivity contribution is 7.89. The Morgan fingerprint density at radius 2 is 1.90 bits per heavy atom. The Balaban J connectivity index is 1.33. The molecule has 1 aromatic carbocycles. The zero-order valence-electron chi connectivity index (χ0n) is 23.2. The summed E-state index contributed by atoms with van der Waals surface area (Å²) in [6.07, 6.45) is 4.17. The summed E-state index contributed by atoms with van der Waals surface area (Å²) in [5, 5.41) is 6.64. The van der Waals surface area contributed by atoms with E-state index in [1.165, 1.54) is 6.20 Å². The smallest absolute Gasteiger partial charge is 0.248 e. The molecular formula is C29H37ClF3N5O3S. The standard InChI is InChI=1S/C29H37ClF3N5O3S/c30-20-5-3-18(4-6-20)26(19-9-11-29(32,33)12-10-19)27(34)28(39)37-25-16-35-15-24(31)23(25)8-7-22-14-36-21-2-1-13-42(40,41)38(22)17-21/h3-6,15-16,19,21-22,26-27,36H,1-2,7-14,17,34H2,(H,37,39). The predicted octanol–water partition coefficient (Wildman–Crippen LogP) is 4.45. The Morgan fingerprint density at radius 3 is 2.62 bits per heavy atom. The lowest BCUT2D eigenvalue weighted by Crippen LogP contribution is -2.57. The van der Waals surface area contributed by atoms with Crippen molar-refractivity contribution in [3.05, 3.63) is 58.6 Å². The van der Waals surface area contributed by atoms with Crippen LogP contribution in [0.4, 0.5) is 18.9 Å². The Bertz CT molecular complexity index is 1370. The molecule has 0 spiro atoms. The molecule has 3 heterocycles. The zero-order chi connectivity index (χ0) is 30.1. The quantitative estimate of drug-likeness (QED) is 0.398. The van der Waals surface area contributed by atoms with Crippen LogP contribution in [0, 0.1) is 11.7 Å². The maximum Gasteiger partial charge on any atom is 0.248 e. The molecule has 5 unspecified atom stereocenters. The molecule has 4 N–H and O–H groups in total. The van der Waals surface area contributed by atoms with E-state index in [1.54, 1.807) is 28.6 Å². The lowest BCUT2D eigenvalue weighted by molar-refractivity contribution is -0.118. The Kier molecular flexibility index (Phi) is 9.48. The fourth-order valence-corrected chi connectivity index (χ4v) is 8.57. The molecular weight excluding hydrogens is 591 g/mol. The molecule has 13 heteroatoms. The summed E-state index contributed by atoms with van der Waals surface area (Å²) in [5.74, 6) is -4.66. The number of hydrogen-bond acceptors (Lipinski definition) is 6. The largest absolute Gasteiger partial charge is 0.323 e. The first kappa shape index (κ1) is 31.2. The summed E-state index contributed by atoms with van der Waals surface area (Å²) in [5.41, 5.74) is 7.61. The number of hydrogen-bond donors (Lipinski definition) is 3. The predicted molar refractivity (Wildman–Crippen MR) is 156 cm³/mol. The number of rotatable bonds is 8. The number of carbonyl (C=O) groups excluding carboxylic acids is 1. The van der Waals surface area contributed by atoms with Gasteiger partial charge in [0.15, 0.2) is 0 Å². The van der Waals surface area contributed by atoms with Gasteiger partial charge >= 0.3 is 0 Å². The minimum Gasteiger partial charge on any atom is -0.323 e. The highest BCUT2D eigenvalue weighted by atomic mass is 35.5.